The molecule has 1 atom stereocenters. The Balaban J connectivity index is 1.30. The minimum absolute atomic E-state index is 0.161. The fraction of sp³-hybridized carbons (Fsp3) is 0.857. The van der Waals surface area contributed by atoms with Crippen molar-refractivity contribution >= 4 is 17.8 Å². The smallest absolute Gasteiger partial charge is 0.225 e. The standard InChI is InChI=1S/C21H37N5O2/c1-22-21(24-12-11-23-19(27)14-16-6-2-3-7-16)25-18-10-13-26(15-18)20(28)17-8-4-5-9-17/h16-18H,2-15H2,1H3,(H,23,27)(H2,22,24,25). The highest BCUT2D eigenvalue weighted by Gasteiger charge is 2.32. The first-order valence-corrected chi connectivity index (χ1v) is 11.2. The van der Waals surface area contributed by atoms with Crippen LogP contribution in [0.3, 0.4) is 0 Å². The SMILES string of the molecule is CN=C(NCCNC(=O)CC1CCCC1)NC1CCN(C(=O)C2CCCC2)C1. The van der Waals surface area contributed by atoms with Crippen molar-refractivity contribution in [2.24, 2.45) is 16.8 Å². The highest BCUT2D eigenvalue weighted by Crippen LogP contribution is 2.28. The second-order valence-electron chi connectivity index (χ2n) is 8.60. The molecule has 2 aliphatic carbocycles. The molecule has 158 valence electrons. The maximum Gasteiger partial charge on any atom is 0.225 e. The number of carbonyl (C=O) groups excluding carboxylic acids is 2. The van der Waals surface area contributed by atoms with E-state index in [0.717, 1.165) is 38.3 Å². The van der Waals surface area contributed by atoms with Crippen molar-refractivity contribution in [1.82, 2.24) is 20.9 Å². The van der Waals surface area contributed by atoms with E-state index in [-0.39, 0.29) is 17.9 Å². The Kier molecular flexibility index (Phi) is 7.98. The molecule has 3 aliphatic rings. The van der Waals surface area contributed by atoms with Crippen LogP contribution in [0.15, 0.2) is 4.99 Å². The molecule has 1 heterocycles. The summed E-state index contributed by atoms with van der Waals surface area (Å²) in [6, 6.07) is 0.244. The van der Waals surface area contributed by atoms with Crippen LogP contribution in [0.1, 0.15) is 64.2 Å². The van der Waals surface area contributed by atoms with Gasteiger partial charge in [0.25, 0.3) is 0 Å². The molecule has 2 saturated carbocycles. The van der Waals surface area contributed by atoms with Gasteiger partial charge in [-0.1, -0.05) is 25.7 Å². The summed E-state index contributed by atoms with van der Waals surface area (Å²) in [4.78, 5) is 30.8. The van der Waals surface area contributed by atoms with Crippen LogP contribution in [0.2, 0.25) is 0 Å². The second kappa shape index (κ2) is 10.7. The number of rotatable bonds is 7. The van der Waals surface area contributed by atoms with Crippen LogP contribution in [0.4, 0.5) is 0 Å². The number of amides is 2. The fourth-order valence-corrected chi connectivity index (χ4v) is 4.83. The number of hydrogen-bond donors (Lipinski definition) is 3. The molecule has 1 unspecified atom stereocenters. The molecule has 3 N–H and O–H groups in total. The summed E-state index contributed by atoms with van der Waals surface area (Å²) in [5.74, 6) is 2.08. The van der Waals surface area contributed by atoms with Gasteiger partial charge < -0.3 is 20.9 Å². The van der Waals surface area contributed by atoms with E-state index in [4.69, 9.17) is 0 Å². The highest BCUT2D eigenvalue weighted by molar-refractivity contribution is 5.81. The summed E-state index contributed by atoms with van der Waals surface area (Å²) in [6.45, 7) is 2.84. The lowest BCUT2D eigenvalue weighted by atomic mass is 10.0. The number of guanidine groups is 1. The number of nitrogens with one attached hydrogen (secondary N) is 3. The molecule has 0 spiro atoms. The largest absolute Gasteiger partial charge is 0.355 e. The molecule has 0 aromatic carbocycles. The number of nitrogens with zero attached hydrogens (tertiary/aromatic N) is 2. The monoisotopic (exact) mass is 391 g/mol. The molecule has 7 heteroatoms. The second-order valence-corrected chi connectivity index (χ2v) is 8.60. The molecule has 2 amide bonds. The van der Waals surface area contributed by atoms with Crippen molar-refractivity contribution in [3.05, 3.63) is 0 Å². The van der Waals surface area contributed by atoms with E-state index in [1.54, 1.807) is 7.05 Å². The van der Waals surface area contributed by atoms with Gasteiger partial charge in [-0.2, -0.15) is 0 Å². The van der Waals surface area contributed by atoms with Crippen LogP contribution in [-0.2, 0) is 9.59 Å². The Morgan fingerprint density at radius 3 is 2.36 bits per heavy atom. The molecular weight excluding hydrogens is 354 g/mol. The van der Waals surface area contributed by atoms with E-state index in [1.165, 1.54) is 38.5 Å². The van der Waals surface area contributed by atoms with E-state index >= 15 is 0 Å². The average Bonchev–Trinajstić information content (AvgIpc) is 3.46. The van der Waals surface area contributed by atoms with Crippen molar-refractivity contribution in [1.29, 1.82) is 0 Å². The Morgan fingerprint density at radius 1 is 0.964 bits per heavy atom. The Morgan fingerprint density at radius 2 is 1.64 bits per heavy atom. The van der Waals surface area contributed by atoms with Crippen LogP contribution in [0.5, 0.6) is 0 Å². The first kappa shape index (κ1) is 20.9. The normalized spacial score (nSPS) is 24.0. The van der Waals surface area contributed by atoms with E-state index in [9.17, 15) is 9.59 Å². The van der Waals surface area contributed by atoms with Crippen molar-refractivity contribution in [2.75, 3.05) is 33.2 Å². The quantitative estimate of drug-likeness (QED) is 0.350. The van der Waals surface area contributed by atoms with Crippen molar-refractivity contribution in [3.63, 3.8) is 0 Å². The van der Waals surface area contributed by atoms with Crippen molar-refractivity contribution in [3.8, 4) is 0 Å². The molecule has 0 radical (unpaired) electrons. The van der Waals surface area contributed by atoms with Gasteiger partial charge in [-0.3, -0.25) is 14.6 Å². The van der Waals surface area contributed by atoms with E-state index in [0.29, 0.717) is 31.3 Å². The van der Waals surface area contributed by atoms with Gasteiger partial charge in [-0.05, 0) is 38.0 Å². The topological polar surface area (TPSA) is 85.8 Å². The summed E-state index contributed by atoms with van der Waals surface area (Å²) in [5.41, 5.74) is 0. The number of hydrogen-bond acceptors (Lipinski definition) is 3. The van der Waals surface area contributed by atoms with Crippen LogP contribution >= 0.6 is 0 Å². The maximum absolute atomic E-state index is 12.6. The molecule has 0 aromatic rings. The van der Waals surface area contributed by atoms with E-state index < -0.39 is 0 Å². The molecule has 1 aliphatic heterocycles. The third kappa shape index (κ3) is 6.11. The van der Waals surface area contributed by atoms with Gasteiger partial charge in [0, 0.05) is 51.6 Å². The third-order valence-corrected chi connectivity index (χ3v) is 6.46. The lowest BCUT2D eigenvalue weighted by Crippen LogP contribution is -2.47. The Bertz CT molecular complexity index is 553. The van der Waals surface area contributed by atoms with Crippen LogP contribution < -0.4 is 16.0 Å². The number of likely N-dealkylation sites (tertiary alicyclic amines) is 1. The number of aliphatic imine (C=N–C) groups is 1. The minimum Gasteiger partial charge on any atom is -0.355 e. The van der Waals surface area contributed by atoms with Crippen LogP contribution in [-0.4, -0.2) is 61.9 Å². The van der Waals surface area contributed by atoms with Gasteiger partial charge in [0.15, 0.2) is 5.96 Å². The molecule has 0 aromatic heterocycles. The lowest BCUT2D eigenvalue weighted by Gasteiger charge is -2.21. The van der Waals surface area contributed by atoms with Gasteiger partial charge in [0.2, 0.25) is 11.8 Å². The zero-order valence-corrected chi connectivity index (χ0v) is 17.3. The van der Waals surface area contributed by atoms with E-state index in [1.807, 2.05) is 4.90 Å². The summed E-state index contributed by atoms with van der Waals surface area (Å²) in [7, 11) is 1.75. The number of carbonyl (C=O) groups is 2. The summed E-state index contributed by atoms with van der Waals surface area (Å²) < 4.78 is 0. The van der Waals surface area contributed by atoms with Crippen LogP contribution in [0.25, 0.3) is 0 Å². The Labute approximate surface area is 169 Å². The van der Waals surface area contributed by atoms with Crippen LogP contribution in [0, 0.1) is 11.8 Å². The molecule has 0 bridgehead atoms. The molecule has 3 rings (SSSR count). The van der Waals surface area contributed by atoms with Gasteiger partial charge in [-0.15, -0.1) is 0 Å². The average molecular weight is 392 g/mol. The summed E-state index contributed by atoms with van der Waals surface area (Å²) >= 11 is 0. The molecule has 7 nitrogen and oxygen atoms in total. The minimum atomic E-state index is 0.161. The van der Waals surface area contributed by atoms with E-state index in [2.05, 4.69) is 20.9 Å². The third-order valence-electron chi connectivity index (χ3n) is 6.46. The van der Waals surface area contributed by atoms with Gasteiger partial charge in [0.1, 0.15) is 0 Å². The van der Waals surface area contributed by atoms with Gasteiger partial charge >= 0.3 is 0 Å². The summed E-state index contributed by atoms with van der Waals surface area (Å²) in [6.07, 6.45) is 11.1. The zero-order valence-electron chi connectivity index (χ0n) is 17.3. The molecule has 3 fully saturated rings. The Hall–Kier alpha value is -1.79. The predicted octanol–water partition coefficient (Wildman–Crippen LogP) is 1.64. The van der Waals surface area contributed by atoms with Gasteiger partial charge in [-0.25, -0.2) is 0 Å². The predicted molar refractivity (Wildman–Crippen MR) is 111 cm³/mol. The van der Waals surface area contributed by atoms with Gasteiger partial charge in [0.05, 0.1) is 0 Å². The van der Waals surface area contributed by atoms with Crippen molar-refractivity contribution in [2.45, 2.75) is 70.3 Å². The first-order chi connectivity index (χ1) is 13.7. The van der Waals surface area contributed by atoms with Crippen molar-refractivity contribution < 1.29 is 9.59 Å². The lowest BCUT2D eigenvalue weighted by molar-refractivity contribution is -0.134. The zero-order chi connectivity index (χ0) is 19.8. The molecule has 1 saturated heterocycles. The maximum atomic E-state index is 12.6. The summed E-state index contributed by atoms with van der Waals surface area (Å²) in [5, 5.41) is 9.68. The fourth-order valence-electron chi connectivity index (χ4n) is 4.83. The highest BCUT2D eigenvalue weighted by atomic mass is 16.2. The molecular formula is C21H37N5O2. The molecule has 28 heavy (non-hydrogen) atoms. The first-order valence-electron chi connectivity index (χ1n) is 11.2.